The summed E-state index contributed by atoms with van der Waals surface area (Å²) >= 11 is 1.55. The van der Waals surface area contributed by atoms with Crippen molar-refractivity contribution in [2.24, 2.45) is 0 Å². The molecular weight excluding hydrogens is 315 g/mol. The van der Waals surface area contributed by atoms with Crippen LogP contribution in [0.3, 0.4) is 0 Å². The van der Waals surface area contributed by atoms with Gasteiger partial charge < -0.3 is 9.84 Å². The molecule has 1 amide bonds. The smallest absolute Gasteiger partial charge is 0.244 e. The van der Waals surface area contributed by atoms with Crippen LogP contribution in [0.25, 0.3) is 17.4 Å². The van der Waals surface area contributed by atoms with E-state index in [1.165, 1.54) is 12.1 Å². The maximum Gasteiger partial charge on any atom is 0.244 e. The summed E-state index contributed by atoms with van der Waals surface area (Å²) in [6, 6.07) is 11.8. The summed E-state index contributed by atoms with van der Waals surface area (Å²) in [5, 5.41) is 8.48. The molecule has 6 heteroatoms. The molecule has 3 aromatic rings. The zero-order valence-corrected chi connectivity index (χ0v) is 12.8. The highest BCUT2D eigenvalue weighted by molar-refractivity contribution is 7.10. The predicted octanol–water partition coefficient (Wildman–Crippen LogP) is 3.87. The summed E-state index contributed by atoms with van der Waals surface area (Å²) in [4.78, 5) is 12.7. The van der Waals surface area contributed by atoms with Crippen molar-refractivity contribution in [3.8, 4) is 11.3 Å². The molecule has 2 heterocycles. The first-order valence-electron chi connectivity index (χ1n) is 6.92. The van der Waals surface area contributed by atoms with E-state index in [9.17, 15) is 9.18 Å². The first-order valence-corrected chi connectivity index (χ1v) is 7.80. The Morgan fingerprint density at radius 2 is 2.17 bits per heavy atom. The lowest BCUT2D eigenvalue weighted by Crippen LogP contribution is -2.20. The molecule has 2 aromatic heterocycles. The van der Waals surface area contributed by atoms with Gasteiger partial charge in [-0.25, -0.2) is 4.39 Å². The number of thiophene rings is 1. The van der Waals surface area contributed by atoms with E-state index in [4.69, 9.17) is 4.52 Å². The minimum atomic E-state index is -0.377. The standard InChI is InChI=1S/C17H13FN2O2S/c18-15-6-2-1-5-14(15)16-10-12(20-22-16)11-19-17(21)8-7-13-4-3-9-23-13/h1-10H,11H2,(H,19,21). The van der Waals surface area contributed by atoms with Crippen molar-refractivity contribution < 1.29 is 13.7 Å². The third-order valence-corrected chi connectivity index (χ3v) is 3.92. The van der Waals surface area contributed by atoms with Crippen LogP contribution in [0.4, 0.5) is 4.39 Å². The lowest BCUT2D eigenvalue weighted by molar-refractivity contribution is -0.116. The van der Waals surface area contributed by atoms with Gasteiger partial charge in [0.25, 0.3) is 0 Å². The number of hydrogen-bond acceptors (Lipinski definition) is 4. The molecule has 0 bridgehead atoms. The number of aromatic nitrogens is 1. The van der Waals surface area contributed by atoms with Crippen molar-refractivity contribution in [3.05, 3.63) is 70.3 Å². The van der Waals surface area contributed by atoms with E-state index in [2.05, 4.69) is 10.5 Å². The molecule has 0 unspecified atom stereocenters. The molecule has 0 spiro atoms. The van der Waals surface area contributed by atoms with Crippen LogP contribution in [0.2, 0.25) is 0 Å². The van der Waals surface area contributed by atoms with Gasteiger partial charge in [0.1, 0.15) is 11.5 Å². The fourth-order valence-corrected chi connectivity index (χ4v) is 2.58. The molecule has 3 rings (SSSR count). The second-order valence-corrected chi connectivity index (χ2v) is 5.71. The van der Waals surface area contributed by atoms with E-state index in [0.717, 1.165) is 4.88 Å². The van der Waals surface area contributed by atoms with Crippen LogP contribution in [0.5, 0.6) is 0 Å². The number of nitrogens with zero attached hydrogens (tertiary/aromatic N) is 1. The lowest BCUT2D eigenvalue weighted by atomic mass is 10.1. The highest BCUT2D eigenvalue weighted by atomic mass is 32.1. The summed E-state index contributed by atoms with van der Waals surface area (Å²) in [7, 11) is 0. The van der Waals surface area contributed by atoms with Gasteiger partial charge in [0.05, 0.1) is 12.1 Å². The number of nitrogens with one attached hydrogen (secondary N) is 1. The second kappa shape index (κ2) is 7.02. The summed E-state index contributed by atoms with van der Waals surface area (Å²) < 4.78 is 18.8. The number of halogens is 1. The zero-order valence-electron chi connectivity index (χ0n) is 12.0. The second-order valence-electron chi connectivity index (χ2n) is 4.73. The molecule has 0 radical (unpaired) electrons. The topological polar surface area (TPSA) is 55.1 Å². The van der Waals surface area contributed by atoms with Crippen LogP contribution in [0.1, 0.15) is 10.6 Å². The van der Waals surface area contributed by atoms with Crippen molar-refractivity contribution in [2.75, 3.05) is 0 Å². The Morgan fingerprint density at radius 1 is 1.30 bits per heavy atom. The minimum Gasteiger partial charge on any atom is -0.356 e. The Balaban J connectivity index is 1.59. The monoisotopic (exact) mass is 328 g/mol. The average molecular weight is 328 g/mol. The summed E-state index contributed by atoms with van der Waals surface area (Å²) in [5.74, 6) is -0.270. The molecule has 0 aliphatic rings. The largest absolute Gasteiger partial charge is 0.356 e. The Bertz CT molecular complexity index is 825. The van der Waals surface area contributed by atoms with Gasteiger partial charge in [-0.05, 0) is 29.7 Å². The average Bonchev–Trinajstić information content (AvgIpc) is 3.23. The molecular formula is C17H13FN2O2S. The molecule has 23 heavy (non-hydrogen) atoms. The van der Waals surface area contributed by atoms with E-state index in [1.54, 1.807) is 41.7 Å². The molecule has 1 N–H and O–H groups in total. The number of amides is 1. The maximum atomic E-state index is 13.7. The fourth-order valence-electron chi connectivity index (χ4n) is 1.96. The van der Waals surface area contributed by atoms with E-state index >= 15 is 0 Å². The summed E-state index contributed by atoms with van der Waals surface area (Å²) in [5.41, 5.74) is 0.872. The Hall–Kier alpha value is -2.73. The molecule has 4 nitrogen and oxygen atoms in total. The van der Waals surface area contributed by atoms with Crippen LogP contribution >= 0.6 is 11.3 Å². The first-order chi connectivity index (χ1) is 11.2. The van der Waals surface area contributed by atoms with Crippen molar-refractivity contribution in [3.63, 3.8) is 0 Å². The van der Waals surface area contributed by atoms with E-state index in [0.29, 0.717) is 17.0 Å². The fraction of sp³-hybridized carbons (Fsp3) is 0.0588. The third kappa shape index (κ3) is 3.92. The van der Waals surface area contributed by atoms with Crippen molar-refractivity contribution in [1.82, 2.24) is 10.5 Å². The van der Waals surface area contributed by atoms with Crippen LogP contribution in [0, 0.1) is 5.82 Å². The zero-order chi connectivity index (χ0) is 16.1. The van der Waals surface area contributed by atoms with Gasteiger partial charge >= 0.3 is 0 Å². The molecule has 0 aliphatic carbocycles. The number of carbonyl (C=O) groups is 1. The molecule has 0 fully saturated rings. The van der Waals surface area contributed by atoms with Gasteiger partial charge in [0, 0.05) is 17.0 Å². The minimum absolute atomic E-state index is 0.214. The molecule has 0 saturated heterocycles. The number of benzene rings is 1. The highest BCUT2D eigenvalue weighted by Crippen LogP contribution is 2.23. The van der Waals surface area contributed by atoms with Crippen molar-refractivity contribution >= 4 is 23.3 Å². The Labute approximate surface area is 136 Å². The van der Waals surface area contributed by atoms with Gasteiger partial charge in [0.2, 0.25) is 5.91 Å². The Morgan fingerprint density at radius 3 is 2.96 bits per heavy atom. The van der Waals surface area contributed by atoms with Gasteiger partial charge in [-0.15, -0.1) is 11.3 Å². The molecule has 116 valence electrons. The lowest BCUT2D eigenvalue weighted by Gasteiger charge is -1.97. The van der Waals surface area contributed by atoms with Crippen LogP contribution in [-0.4, -0.2) is 11.1 Å². The van der Waals surface area contributed by atoms with E-state index < -0.39 is 0 Å². The van der Waals surface area contributed by atoms with Gasteiger partial charge in [-0.3, -0.25) is 4.79 Å². The van der Waals surface area contributed by atoms with Crippen LogP contribution in [0.15, 0.2) is 58.4 Å². The number of rotatable bonds is 5. The van der Waals surface area contributed by atoms with E-state index in [1.807, 2.05) is 17.5 Å². The summed E-state index contributed by atoms with van der Waals surface area (Å²) in [6.07, 6.45) is 3.21. The molecule has 0 saturated carbocycles. The molecule has 0 aliphatic heterocycles. The van der Waals surface area contributed by atoms with Crippen LogP contribution < -0.4 is 5.32 Å². The number of carbonyl (C=O) groups excluding carboxylic acids is 1. The summed E-state index contributed by atoms with van der Waals surface area (Å²) in [6.45, 7) is 0.214. The third-order valence-electron chi connectivity index (χ3n) is 3.08. The van der Waals surface area contributed by atoms with Gasteiger partial charge in [-0.1, -0.05) is 23.4 Å². The van der Waals surface area contributed by atoms with Crippen molar-refractivity contribution in [1.29, 1.82) is 0 Å². The normalized spacial score (nSPS) is 11.0. The molecule has 0 atom stereocenters. The predicted molar refractivity (Wildman–Crippen MR) is 87.1 cm³/mol. The van der Waals surface area contributed by atoms with Crippen LogP contribution in [-0.2, 0) is 11.3 Å². The van der Waals surface area contributed by atoms with Gasteiger partial charge in [-0.2, -0.15) is 0 Å². The first kappa shape index (κ1) is 15.2. The molecule has 1 aromatic carbocycles. The van der Waals surface area contributed by atoms with Crippen molar-refractivity contribution in [2.45, 2.75) is 6.54 Å². The maximum absolute atomic E-state index is 13.7. The Kier molecular flexibility index (Phi) is 4.63. The van der Waals surface area contributed by atoms with E-state index in [-0.39, 0.29) is 18.3 Å². The van der Waals surface area contributed by atoms with Gasteiger partial charge in [0.15, 0.2) is 5.76 Å². The number of hydrogen-bond donors (Lipinski definition) is 1. The highest BCUT2D eigenvalue weighted by Gasteiger charge is 2.10. The SMILES string of the molecule is O=C(C=Cc1cccs1)NCc1cc(-c2ccccc2F)on1. The quantitative estimate of drug-likeness (QED) is 0.723.